The lowest BCUT2D eigenvalue weighted by Crippen LogP contribution is -2.37. The van der Waals surface area contributed by atoms with Crippen LogP contribution in [-0.4, -0.2) is 24.3 Å². The number of hydrogen-bond acceptors (Lipinski definition) is 3. The van der Waals surface area contributed by atoms with Gasteiger partial charge in [0, 0.05) is 17.5 Å². The van der Waals surface area contributed by atoms with Crippen LogP contribution in [-0.2, 0) is 6.54 Å². The highest BCUT2D eigenvalue weighted by molar-refractivity contribution is 6.00. The van der Waals surface area contributed by atoms with Crippen molar-refractivity contribution in [2.75, 3.05) is 13.6 Å². The van der Waals surface area contributed by atoms with Crippen LogP contribution < -0.4 is 0 Å². The van der Waals surface area contributed by atoms with Gasteiger partial charge in [0.1, 0.15) is 5.76 Å². The molecule has 0 aliphatic heterocycles. The van der Waals surface area contributed by atoms with Gasteiger partial charge >= 0.3 is 0 Å². The minimum absolute atomic E-state index is 0.171. The van der Waals surface area contributed by atoms with Crippen molar-refractivity contribution in [1.82, 2.24) is 4.90 Å². The third kappa shape index (κ3) is 3.58. The van der Waals surface area contributed by atoms with Crippen LogP contribution in [0, 0.1) is 5.41 Å². The van der Waals surface area contributed by atoms with Crippen molar-refractivity contribution >= 4 is 5.78 Å². The Bertz CT molecular complexity index is 544. The van der Waals surface area contributed by atoms with E-state index >= 15 is 0 Å². The number of benzene rings is 1. The fraction of sp³-hybridized carbons (Fsp3) is 0.353. The lowest BCUT2D eigenvalue weighted by molar-refractivity contribution is 0.0774. The van der Waals surface area contributed by atoms with E-state index in [0.29, 0.717) is 13.1 Å². The standard InChI is InChI=1S/C17H21NO2/c1-17(2,16(19)14-8-5-4-6-9-14)13-18(3)12-15-10-7-11-20-15/h4-11H,12-13H2,1-3H3. The molecule has 0 fully saturated rings. The van der Waals surface area contributed by atoms with Gasteiger partial charge in [-0.3, -0.25) is 9.69 Å². The van der Waals surface area contributed by atoms with Crippen molar-refractivity contribution in [1.29, 1.82) is 0 Å². The lowest BCUT2D eigenvalue weighted by Gasteiger charge is -2.28. The summed E-state index contributed by atoms with van der Waals surface area (Å²) in [6, 6.07) is 13.3. The molecule has 0 radical (unpaired) electrons. The summed E-state index contributed by atoms with van der Waals surface area (Å²) in [5.41, 5.74) is 0.340. The van der Waals surface area contributed by atoms with Crippen LogP contribution in [0.4, 0.5) is 0 Å². The normalized spacial score (nSPS) is 11.8. The predicted molar refractivity (Wildman–Crippen MR) is 79.6 cm³/mol. The Hall–Kier alpha value is -1.87. The van der Waals surface area contributed by atoms with Crippen LogP contribution in [0.1, 0.15) is 30.0 Å². The minimum Gasteiger partial charge on any atom is -0.468 e. The summed E-state index contributed by atoms with van der Waals surface area (Å²) in [5, 5.41) is 0. The Kier molecular flexibility index (Phi) is 4.40. The first-order chi connectivity index (χ1) is 9.49. The second-order valence-electron chi connectivity index (χ2n) is 5.83. The van der Waals surface area contributed by atoms with Crippen molar-refractivity contribution in [3.63, 3.8) is 0 Å². The van der Waals surface area contributed by atoms with E-state index in [1.54, 1.807) is 6.26 Å². The van der Waals surface area contributed by atoms with E-state index in [0.717, 1.165) is 11.3 Å². The van der Waals surface area contributed by atoms with Gasteiger partial charge in [0.15, 0.2) is 5.78 Å². The molecule has 0 N–H and O–H groups in total. The predicted octanol–water partition coefficient (Wildman–Crippen LogP) is 3.62. The van der Waals surface area contributed by atoms with Gasteiger partial charge < -0.3 is 4.42 Å². The Balaban J connectivity index is 2.01. The summed E-state index contributed by atoms with van der Waals surface area (Å²) in [7, 11) is 2.00. The van der Waals surface area contributed by atoms with Gasteiger partial charge in [0.25, 0.3) is 0 Å². The molecular weight excluding hydrogens is 250 g/mol. The highest BCUT2D eigenvalue weighted by atomic mass is 16.3. The van der Waals surface area contributed by atoms with Crippen LogP contribution in [0.5, 0.6) is 0 Å². The first-order valence-electron chi connectivity index (χ1n) is 6.80. The topological polar surface area (TPSA) is 33.5 Å². The Morgan fingerprint density at radius 1 is 1.15 bits per heavy atom. The molecule has 1 heterocycles. The van der Waals surface area contributed by atoms with E-state index < -0.39 is 5.41 Å². The van der Waals surface area contributed by atoms with Gasteiger partial charge in [-0.2, -0.15) is 0 Å². The number of ketones is 1. The molecule has 0 saturated heterocycles. The third-order valence-corrected chi connectivity index (χ3v) is 3.32. The van der Waals surface area contributed by atoms with Crippen LogP contribution >= 0.6 is 0 Å². The number of rotatable bonds is 6. The second-order valence-corrected chi connectivity index (χ2v) is 5.83. The Morgan fingerprint density at radius 2 is 1.85 bits per heavy atom. The monoisotopic (exact) mass is 271 g/mol. The van der Waals surface area contributed by atoms with Gasteiger partial charge in [-0.15, -0.1) is 0 Å². The molecule has 106 valence electrons. The zero-order valence-electron chi connectivity index (χ0n) is 12.3. The molecule has 3 heteroatoms. The Labute approximate surface area is 120 Å². The maximum absolute atomic E-state index is 12.6. The summed E-state index contributed by atoms with van der Waals surface area (Å²) >= 11 is 0. The van der Waals surface area contributed by atoms with E-state index in [4.69, 9.17) is 4.42 Å². The van der Waals surface area contributed by atoms with Crippen molar-refractivity contribution in [3.8, 4) is 0 Å². The van der Waals surface area contributed by atoms with Crippen LogP contribution in [0.3, 0.4) is 0 Å². The van der Waals surface area contributed by atoms with Crippen molar-refractivity contribution in [2.45, 2.75) is 20.4 Å². The molecular formula is C17H21NO2. The van der Waals surface area contributed by atoms with Gasteiger partial charge in [-0.25, -0.2) is 0 Å². The summed E-state index contributed by atoms with van der Waals surface area (Å²) < 4.78 is 5.34. The number of carbonyl (C=O) groups excluding carboxylic acids is 1. The van der Waals surface area contributed by atoms with Crippen molar-refractivity contribution in [3.05, 3.63) is 60.1 Å². The number of furan rings is 1. The quantitative estimate of drug-likeness (QED) is 0.752. The molecule has 0 saturated carbocycles. The van der Waals surface area contributed by atoms with Crippen molar-refractivity contribution < 1.29 is 9.21 Å². The Morgan fingerprint density at radius 3 is 2.45 bits per heavy atom. The molecule has 0 amide bonds. The molecule has 20 heavy (non-hydrogen) atoms. The minimum atomic E-state index is -0.428. The lowest BCUT2D eigenvalue weighted by atomic mass is 9.84. The first kappa shape index (κ1) is 14.5. The van der Waals surface area contributed by atoms with Gasteiger partial charge in [-0.05, 0) is 19.2 Å². The fourth-order valence-electron chi connectivity index (χ4n) is 2.45. The molecule has 1 aromatic heterocycles. The number of carbonyl (C=O) groups is 1. The molecule has 0 atom stereocenters. The average Bonchev–Trinajstić information content (AvgIpc) is 2.91. The molecule has 3 nitrogen and oxygen atoms in total. The smallest absolute Gasteiger partial charge is 0.169 e. The highest BCUT2D eigenvalue weighted by Gasteiger charge is 2.30. The summed E-state index contributed by atoms with van der Waals surface area (Å²) in [6.45, 7) is 5.36. The number of hydrogen-bond donors (Lipinski definition) is 0. The first-order valence-corrected chi connectivity index (χ1v) is 6.80. The summed E-state index contributed by atoms with van der Waals surface area (Å²) in [5.74, 6) is 1.08. The van der Waals surface area contributed by atoms with Crippen LogP contribution in [0.15, 0.2) is 53.1 Å². The van der Waals surface area contributed by atoms with Crippen LogP contribution in [0.25, 0.3) is 0 Å². The van der Waals surface area contributed by atoms with Gasteiger partial charge in [0.05, 0.1) is 12.8 Å². The molecule has 0 spiro atoms. The maximum Gasteiger partial charge on any atom is 0.169 e. The van der Waals surface area contributed by atoms with Gasteiger partial charge in [-0.1, -0.05) is 44.2 Å². The molecule has 2 aromatic rings. The molecule has 0 unspecified atom stereocenters. The summed E-state index contributed by atoms with van der Waals surface area (Å²) in [6.07, 6.45) is 1.67. The fourth-order valence-corrected chi connectivity index (χ4v) is 2.45. The van der Waals surface area contributed by atoms with Crippen LogP contribution in [0.2, 0.25) is 0 Å². The van der Waals surface area contributed by atoms with E-state index in [1.807, 2.05) is 63.4 Å². The number of Topliss-reactive ketones (excluding diaryl/α,β-unsaturated/α-hetero) is 1. The zero-order chi connectivity index (χ0) is 14.6. The maximum atomic E-state index is 12.6. The highest BCUT2D eigenvalue weighted by Crippen LogP contribution is 2.23. The third-order valence-electron chi connectivity index (χ3n) is 3.32. The van der Waals surface area contributed by atoms with E-state index in [-0.39, 0.29) is 5.78 Å². The van der Waals surface area contributed by atoms with E-state index in [1.165, 1.54) is 0 Å². The number of nitrogens with zero attached hydrogens (tertiary/aromatic N) is 1. The largest absolute Gasteiger partial charge is 0.468 e. The zero-order valence-corrected chi connectivity index (χ0v) is 12.3. The molecule has 0 aliphatic carbocycles. The average molecular weight is 271 g/mol. The van der Waals surface area contributed by atoms with E-state index in [2.05, 4.69) is 4.90 Å². The second kappa shape index (κ2) is 6.06. The molecule has 2 rings (SSSR count). The molecule has 0 aliphatic rings. The SMILES string of the molecule is CN(Cc1ccco1)CC(C)(C)C(=O)c1ccccc1. The molecule has 0 bridgehead atoms. The summed E-state index contributed by atoms with van der Waals surface area (Å²) in [4.78, 5) is 14.7. The van der Waals surface area contributed by atoms with Crippen molar-refractivity contribution in [2.24, 2.45) is 5.41 Å². The molecule has 1 aromatic carbocycles. The van der Waals surface area contributed by atoms with E-state index in [9.17, 15) is 4.79 Å². The van der Waals surface area contributed by atoms with Gasteiger partial charge in [0.2, 0.25) is 0 Å².